The number of ether oxygens (including phenoxy) is 1. The summed E-state index contributed by atoms with van der Waals surface area (Å²) in [5.41, 5.74) is 2.58. The van der Waals surface area contributed by atoms with Crippen LogP contribution in [0.1, 0.15) is 18.1 Å². The van der Waals surface area contributed by atoms with E-state index in [1.807, 2.05) is 12.1 Å². The van der Waals surface area contributed by atoms with Crippen molar-refractivity contribution < 1.29 is 9.53 Å². The Kier molecular flexibility index (Phi) is 3.11. The number of amides is 1. The number of halogens is 1. The molecule has 0 aliphatic carbocycles. The predicted octanol–water partition coefficient (Wildman–Crippen LogP) is 2.69. The minimum Gasteiger partial charge on any atom is -0.501 e. The highest BCUT2D eigenvalue weighted by Gasteiger charge is 2.27. The molecule has 1 aromatic rings. The third kappa shape index (κ3) is 2.03. The van der Waals surface area contributed by atoms with Crippen LogP contribution in [0.3, 0.4) is 0 Å². The van der Waals surface area contributed by atoms with Crippen LogP contribution in [0.15, 0.2) is 24.0 Å². The number of carbonyl (C=O) groups excluding carboxylic acids is 1. The van der Waals surface area contributed by atoms with E-state index in [1.54, 1.807) is 32.0 Å². The molecule has 1 aliphatic rings. The molecule has 2 rings (SSSR count). The number of methoxy groups -OCH3 is 1. The average molecular weight is 252 g/mol. The summed E-state index contributed by atoms with van der Waals surface area (Å²) in [7, 11) is 3.34. The van der Waals surface area contributed by atoms with Gasteiger partial charge in [0.15, 0.2) is 0 Å². The first-order chi connectivity index (χ1) is 8.04. The third-order valence-corrected chi connectivity index (χ3v) is 3.20. The van der Waals surface area contributed by atoms with Gasteiger partial charge in [-0.15, -0.1) is 0 Å². The molecule has 1 amide bonds. The first kappa shape index (κ1) is 12.0. The molecule has 0 saturated heterocycles. The second-order valence-corrected chi connectivity index (χ2v) is 4.53. The molecule has 0 radical (unpaired) electrons. The third-order valence-electron chi connectivity index (χ3n) is 2.96. The summed E-state index contributed by atoms with van der Waals surface area (Å²) in [4.78, 5) is 13.8. The van der Waals surface area contributed by atoms with E-state index in [4.69, 9.17) is 16.3 Å². The molecule has 0 saturated carbocycles. The highest BCUT2D eigenvalue weighted by molar-refractivity contribution is 6.31. The minimum absolute atomic E-state index is 0.0147. The number of nitrogens with zero attached hydrogens (tertiary/aromatic N) is 1. The predicted molar refractivity (Wildman–Crippen MR) is 67.5 cm³/mol. The van der Waals surface area contributed by atoms with Crippen LogP contribution in [0.25, 0.3) is 5.57 Å². The Hall–Kier alpha value is -1.48. The van der Waals surface area contributed by atoms with Gasteiger partial charge in [0.1, 0.15) is 5.76 Å². The molecular weight excluding hydrogens is 238 g/mol. The van der Waals surface area contributed by atoms with Crippen molar-refractivity contribution >= 4 is 23.1 Å². The standard InChI is InChI=1S/C13H14ClNO2/c1-8(17-3)12-11-5-4-10(14)6-9(11)7-15(2)13(12)16/h4-6H,7H2,1-3H3/b12-8+. The van der Waals surface area contributed by atoms with Crippen LogP contribution in [0, 0.1) is 0 Å². The zero-order valence-electron chi connectivity index (χ0n) is 10.1. The molecule has 1 aliphatic heterocycles. The Bertz CT molecular complexity index is 508. The van der Waals surface area contributed by atoms with E-state index < -0.39 is 0 Å². The zero-order chi connectivity index (χ0) is 12.6. The minimum atomic E-state index is -0.0147. The van der Waals surface area contributed by atoms with Gasteiger partial charge in [0.2, 0.25) is 0 Å². The molecular formula is C13H14ClNO2. The molecule has 0 atom stereocenters. The quantitative estimate of drug-likeness (QED) is 0.567. The van der Waals surface area contributed by atoms with E-state index in [1.165, 1.54) is 0 Å². The zero-order valence-corrected chi connectivity index (χ0v) is 10.8. The fourth-order valence-corrected chi connectivity index (χ4v) is 2.21. The van der Waals surface area contributed by atoms with E-state index in [0.29, 0.717) is 22.9 Å². The highest BCUT2D eigenvalue weighted by Crippen LogP contribution is 2.32. The molecule has 1 aromatic carbocycles. The van der Waals surface area contributed by atoms with E-state index >= 15 is 0 Å². The fourth-order valence-electron chi connectivity index (χ4n) is 2.01. The monoisotopic (exact) mass is 251 g/mol. The molecule has 17 heavy (non-hydrogen) atoms. The molecule has 0 N–H and O–H groups in total. The smallest absolute Gasteiger partial charge is 0.257 e. The summed E-state index contributed by atoms with van der Waals surface area (Å²) < 4.78 is 5.19. The molecule has 3 nitrogen and oxygen atoms in total. The van der Waals surface area contributed by atoms with Gasteiger partial charge in [0.05, 0.1) is 12.7 Å². The number of hydrogen-bond donors (Lipinski definition) is 0. The average Bonchev–Trinajstić information content (AvgIpc) is 2.30. The number of hydrogen-bond acceptors (Lipinski definition) is 2. The van der Waals surface area contributed by atoms with Gasteiger partial charge < -0.3 is 9.64 Å². The molecule has 0 unspecified atom stereocenters. The second kappa shape index (κ2) is 4.41. The van der Waals surface area contributed by atoms with E-state index in [-0.39, 0.29) is 5.91 Å². The SMILES string of the molecule is CO/C(C)=C1/C(=O)N(C)Cc2cc(Cl)ccc21. The van der Waals surface area contributed by atoms with Gasteiger partial charge in [-0.2, -0.15) is 0 Å². The van der Waals surface area contributed by atoms with Crippen LogP contribution in [0.2, 0.25) is 5.02 Å². The van der Waals surface area contributed by atoms with Gasteiger partial charge in [-0.25, -0.2) is 0 Å². The van der Waals surface area contributed by atoms with Gasteiger partial charge in [0, 0.05) is 18.6 Å². The van der Waals surface area contributed by atoms with Gasteiger partial charge in [-0.3, -0.25) is 4.79 Å². The lowest BCUT2D eigenvalue weighted by Gasteiger charge is -2.28. The van der Waals surface area contributed by atoms with Crippen molar-refractivity contribution in [2.45, 2.75) is 13.5 Å². The molecule has 0 bridgehead atoms. The first-order valence-corrected chi connectivity index (χ1v) is 5.71. The van der Waals surface area contributed by atoms with Gasteiger partial charge in [-0.1, -0.05) is 17.7 Å². The molecule has 4 heteroatoms. The van der Waals surface area contributed by atoms with Crippen LogP contribution in [-0.2, 0) is 16.1 Å². The van der Waals surface area contributed by atoms with E-state index in [0.717, 1.165) is 11.1 Å². The molecule has 0 fully saturated rings. The van der Waals surface area contributed by atoms with Gasteiger partial charge >= 0.3 is 0 Å². The van der Waals surface area contributed by atoms with Crippen molar-refractivity contribution in [3.05, 3.63) is 40.1 Å². The number of allylic oxidation sites excluding steroid dienone is 1. The van der Waals surface area contributed by atoms with Crippen LogP contribution in [-0.4, -0.2) is 25.0 Å². The molecule has 0 aromatic heterocycles. The number of benzene rings is 1. The lowest BCUT2D eigenvalue weighted by molar-refractivity contribution is -0.124. The lowest BCUT2D eigenvalue weighted by atomic mass is 9.94. The van der Waals surface area contributed by atoms with Crippen LogP contribution < -0.4 is 0 Å². The molecule has 90 valence electrons. The van der Waals surface area contributed by atoms with Crippen molar-refractivity contribution in [1.29, 1.82) is 0 Å². The van der Waals surface area contributed by atoms with Crippen molar-refractivity contribution in [2.24, 2.45) is 0 Å². The number of carbonyl (C=O) groups is 1. The Balaban J connectivity index is 2.65. The summed E-state index contributed by atoms with van der Waals surface area (Å²) in [6.45, 7) is 2.38. The van der Waals surface area contributed by atoms with Crippen molar-refractivity contribution in [2.75, 3.05) is 14.2 Å². The van der Waals surface area contributed by atoms with Crippen molar-refractivity contribution in [3.63, 3.8) is 0 Å². The largest absolute Gasteiger partial charge is 0.501 e. The Morgan fingerprint density at radius 1 is 1.47 bits per heavy atom. The summed E-state index contributed by atoms with van der Waals surface area (Å²) in [6, 6.07) is 5.56. The summed E-state index contributed by atoms with van der Waals surface area (Å²) in [5, 5.41) is 0.681. The normalized spacial score (nSPS) is 17.9. The van der Waals surface area contributed by atoms with Crippen LogP contribution in [0.4, 0.5) is 0 Å². The molecule has 0 spiro atoms. The van der Waals surface area contributed by atoms with Crippen molar-refractivity contribution in [3.8, 4) is 0 Å². The lowest BCUT2D eigenvalue weighted by Crippen LogP contribution is -2.32. The maximum atomic E-state index is 12.1. The fraction of sp³-hybridized carbons (Fsp3) is 0.308. The first-order valence-electron chi connectivity index (χ1n) is 5.33. The van der Waals surface area contributed by atoms with Gasteiger partial charge in [-0.05, 0) is 30.2 Å². The maximum absolute atomic E-state index is 12.1. The Labute approximate surface area is 106 Å². The highest BCUT2D eigenvalue weighted by atomic mass is 35.5. The van der Waals surface area contributed by atoms with Crippen LogP contribution in [0.5, 0.6) is 0 Å². The topological polar surface area (TPSA) is 29.5 Å². The van der Waals surface area contributed by atoms with Crippen molar-refractivity contribution in [1.82, 2.24) is 4.90 Å². The van der Waals surface area contributed by atoms with E-state index in [9.17, 15) is 4.79 Å². The van der Waals surface area contributed by atoms with Gasteiger partial charge in [0.25, 0.3) is 5.91 Å². The van der Waals surface area contributed by atoms with E-state index in [2.05, 4.69) is 0 Å². The van der Waals surface area contributed by atoms with Crippen LogP contribution >= 0.6 is 11.6 Å². The number of fused-ring (bicyclic) bond motifs is 1. The summed E-state index contributed by atoms with van der Waals surface area (Å²) in [6.07, 6.45) is 0. The summed E-state index contributed by atoms with van der Waals surface area (Å²) >= 11 is 5.97. The maximum Gasteiger partial charge on any atom is 0.257 e. The number of rotatable bonds is 1. The molecule has 1 heterocycles. The Morgan fingerprint density at radius 2 is 2.18 bits per heavy atom. The number of likely N-dealkylation sites (N-methyl/N-ethyl adjacent to an activating group) is 1. The summed E-state index contributed by atoms with van der Waals surface area (Å²) in [5.74, 6) is 0.615. The Morgan fingerprint density at radius 3 is 2.82 bits per heavy atom. The second-order valence-electron chi connectivity index (χ2n) is 4.10.